The predicted octanol–water partition coefficient (Wildman–Crippen LogP) is 3.02. The number of carboxylic acids is 1. The Morgan fingerprint density at radius 2 is 1.94 bits per heavy atom. The van der Waals surface area contributed by atoms with Gasteiger partial charge in [-0.3, -0.25) is 0 Å². The minimum absolute atomic E-state index is 0.228. The molecule has 0 bridgehead atoms. The molecule has 18 heavy (non-hydrogen) atoms. The van der Waals surface area contributed by atoms with E-state index in [4.69, 9.17) is 5.11 Å². The highest BCUT2D eigenvalue weighted by molar-refractivity contribution is 5.87. The Morgan fingerprint density at radius 3 is 2.44 bits per heavy atom. The minimum Gasteiger partial charge on any atom is -0.478 e. The monoisotopic (exact) mass is 248 g/mol. The second kappa shape index (κ2) is 5.38. The van der Waals surface area contributed by atoms with Crippen LogP contribution in [0.2, 0.25) is 0 Å². The van der Waals surface area contributed by atoms with Crippen LogP contribution in [0.4, 0.5) is 5.82 Å². The fourth-order valence-electron chi connectivity index (χ4n) is 2.88. The van der Waals surface area contributed by atoms with Crippen molar-refractivity contribution >= 4 is 11.8 Å². The molecule has 0 aromatic carbocycles. The highest BCUT2D eigenvalue weighted by Crippen LogP contribution is 2.30. The number of nitrogens with zero attached hydrogens (tertiary/aromatic N) is 1. The summed E-state index contributed by atoms with van der Waals surface area (Å²) in [6.45, 7) is 4.57. The van der Waals surface area contributed by atoms with E-state index in [-0.39, 0.29) is 5.56 Å². The van der Waals surface area contributed by atoms with Crippen molar-refractivity contribution in [1.82, 2.24) is 4.98 Å². The van der Waals surface area contributed by atoms with E-state index >= 15 is 0 Å². The summed E-state index contributed by atoms with van der Waals surface area (Å²) in [5.41, 5.74) is 0.228. The Bertz CT molecular complexity index is 406. The van der Waals surface area contributed by atoms with Gasteiger partial charge in [0.2, 0.25) is 0 Å². The lowest BCUT2D eigenvalue weighted by atomic mass is 9.80. The lowest BCUT2D eigenvalue weighted by Gasteiger charge is -2.32. The summed E-state index contributed by atoms with van der Waals surface area (Å²) in [4.78, 5) is 14.9. The van der Waals surface area contributed by atoms with Crippen molar-refractivity contribution in [3.8, 4) is 0 Å². The second-order valence-electron chi connectivity index (χ2n) is 5.50. The highest BCUT2D eigenvalue weighted by Gasteiger charge is 2.23. The van der Waals surface area contributed by atoms with Crippen LogP contribution in [0, 0.1) is 11.8 Å². The Hall–Kier alpha value is -1.58. The molecule has 1 saturated carbocycles. The molecular formula is C14H20N2O2. The van der Waals surface area contributed by atoms with Crippen molar-refractivity contribution < 1.29 is 9.90 Å². The van der Waals surface area contributed by atoms with E-state index in [1.807, 2.05) is 0 Å². The van der Waals surface area contributed by atoms with Gasteiger partial charge in [0.05, 0.1) is 5.56 Å². The number of carboxylic acid groups (broad SMARTS) is 1. The van der Waals surface area contributed by atoms with Crippen LogP contribution in [-0.2, 0) is 0 Å². The van der Waals surface area contributed by atoms with Crippen LogP contribution in [0.15, 0.2) is 18.3 Å². The standard InChI is InChI=1S/C14H20N2O2/c1-9-5-10(2)7-12(6-9)16-13-4-3-11(8-15-13)14(17)18/h3-4,8-10,12H,5-7H2,1-2H3,(H,15,16)(H,17,18). The Kier molecular flexibility index (Phi) is 3.84. The molecule has 1 aliphatic rings. The molecule has 4 nitrogen and oxygen atoms in total. The molecule has 1 heterocycles. The Balaban J connectivity index is 1.98. The Morgan fingerprint density at radius 1 is 1.28 bits per heavy atom. The number of hydrogen-bond donors (Lipinski definition) is 2. The predicted molar refractivity (Wildman–Crippen MR) is 70.8 cm³/mol. The molecule has 4 heteroatoms. The van der Waals surface area contributed by atoms with Crippen molar-refractivity contribution in [3.05, 3.63) is 23.9 Å². The lowest BCUT2D eigenvalue weighted by Crippen LogP contribution is -2.30. The van der Waals surface area contributed by atoms with Gasteiger partial charge in [0.1, 0.15) is 5.82 Å². The molecule has 2 atom stereocenters. The van der Waals surface area contributed by atoms with Gasteiger partial charge in [0.15, 0.2) is 0 Å². The summed E-state index contributed by atoms with van der Waals surface area (Å²) in [5, 5.41) is 12.2. The number of hydrogen-bond acceptors (Lipinski definition) is 3. The van der Waals surface area contributed by atoms with Crippen LogP contribution in [-0.4, -0.2) is 22.1 Å². The molecule has 0 amide bonds. The summed E-state index contributed by atoms with van der Waals surface area (Å²) in [6, 6.07) is 3.78. The molecule has 1 aromatic heterocycles. The third-order valence-electron chi connectivity index (χ3n) is 3.54. The van der Waals surface area contributed by atoms with E-state index in [2.05, 4.69) is 24.1 Å². The summed E-state index contributed by atoms with van der Waals surface area (Å²) >= 11 is 0. The molecule has 2 N–H and O–H groups in total. The quantitative estimate of drug-likeness (QED) is 0.863. The fourth-order valence-corrected chi connectivity index (χ4v) is 2.88. The third kappa shape index (κ3) is 3.22. The molecule has 0 radical (unpaired) electrons. The summed E-state index contributed by atoms with van der Waals surface area (Å²) < 4.78 is 0. The average molecular weight is 248 g/mol. The van der Waals surface area contributed by atoms with Gasteiger partial charge in [-0.1, -0.05) is 13.8 Å². The maximum Gasteiger partial charge on any atom is 0.337 e. The second-order valence-corrected chi connectivity index (χ2v) is 5.50. The number of anilines is 1. The molecule has 1 aliphatic carbocycles. The zero-order valence-corrected chi connectivity index (χ0v) is 10.9. The van der Waals surface area contributed by atoms with Gasteiger partial charge in [-0.15, -0.1) is 0 Å². The normalized spacial score (nSPS) is 27.8. The van der Waals surface area contributed by atoms with Gasteiger partial charge in [-0.2, -0.15) is 0 Å². The topological polar surface area (TPSA) is 62.2 Å². The van der Waals surface area contributed by atoms with E-state index < -0.39 is 5.97 Å². The van der Waals surface area contributed by atoms with Gasteiger partial charge in [-0.25, -0.2) is 9.78 Å². The van der Waals surface area contributed by atoms with Crippen LogP contribution >= 0.6 is 0 Å². The van der Waals surface area contributed by atoms with Gasteiger partial charge in [-0.05, 0) is 43.2 Å². The average Bonchev–Trinajstić information content (AvgIpc) is 2.28. The van der Waals surface area contributed by atoms with E-state index in [0.29, 0.717) is 6.04 Å². The van der Waals surface area contributed by atoms with E-state index in [1.165, 1.54) is 12.6 Å². The number of rotatable bonds is 3. The van der Waals surface area contributed by atoms with Crippen molar-refractivity contribution in [2.45, 2.75) is 39.2 Å². The van der Waals surface area contributed by atoms with E-state index in [9.17, 15) is 4.79 Å². The first-order valence-corrected chi connectivity index (χ1v) is 6.50. The van der Waals surface area contributed by atoms with Crippen molar-refractivity contribution in [2.75, 3.05) is 5.32 Å². The number of carbonyl (C=O) groups is 1. The summed E-state index contributed by atoms with van der Waals surface area (Å²) in [7, 11) is 0. The molecule has 0 saturated heterocycles. The number of aromatic carboxylic acids is 1. The van der Waals surface area contributed by atoms with E-state index in [1.54, 1.807) is 12.1 Å². The Labute approximate surface area is 107 Å². The van der Waals surface area contributed by atoms with Gasteiger partial charge >= 0.3 is 5.97 Å². The zero-order valence-electron chi connectivity index (χ0n) is 10.9. The number of pyridine rings is 1. The van der Waals surface area contributed by atoms with Crippen LogP contribution in [0.3, 0.4) is 0 Å². The largest absolute Gasteiger partial charge is 0.478 e. The van der Waals surface area contributed by atoms with Crippen LogP contribution in [0.25, 0.3) is 0 Å². The molecule has 0 spiro atoms. The van der Waals surface area contributed by atoms with E-state index in [0.717, 1.165) is 30.5 Å². The molecule has 1 fully saturated rings. The molecule has 2 unspecified atom stereocenters. The first kappa shape index (κ1) is 12.9. The molecule has 0 aliphatic heterocycles. The van der Waals surface area contributed by atoms with Crippen LogP contribution in [0.1, 0.15) is 43.5 Å². The first-order chi connectivity index (χ1) is 8.54. The third-order valence-corrected chi connectivity index (χ3v) is 3.54. The molecule has 2 rings (SSSR count). The van der Waals surface area contributed by atoms with Crippen molar-refractivity contribution in [2.24, 2.45) is 11.8 Å². The summed E-state index contributed by atoms with van der Waals surface area (Å²) in [5.74, 6) is 1.31. The maximum atomic E-state index is 10.7. The van der Waals surface area contributed by atoms with Gasteiger partial charge in [0, 0.05) is 12.2 Å². The van der Waals surface area contributed by atoms with Crippen LogP contribution in [0.5, 0.6) is 0 Å². The number of aromatic nitrogens is 1. The maximum absolute atomic E-state index is 10.7. The van der Waals surface area contributed by atoms with Crippen molar-refractivity contribution in [1.29, 1.82) is 0 Å². The lowest BCUT2D eigenvalue weighted by molar-refractivity contribution is 0.0696. The van der Waals surface area contributed by atoms with Gasteiger partial charge in [0.25, 0.3) is 0 Å². The summed E-state index contributed by atoms with van der Waals surface area (Å²) in [6.07, 6.45) is 5.02. The smallest absolute Gasteiger partial charge is 0.337 e. The highest BCUT2D eigenvalue weighted by atomic mass is 16.4. The van der Waals surface area contributed by atoms with Crippen LogP contribution < -0.4 is 5.32 Å². The first-order valence-electron chi connectivity index (χ1n) is 6.50. The molecule has 1 aromatic rings. The number of nitrogens with one attached hydrogen (secondary N) is 1. The van der Waals surface area contributed by atoms with Crippen molar-refractivity contribution in [3.63, 3.8) is 0 Å². The minimum atomic E-state index is -0.936. The van der Waals surface area contributed by atoms with Gasteiger partial charge < -0.3 is 10.4 Å². The zero-order chi connectivity index (χ0) is 13.1. The molecular weight excluding hydrogens is 228 g/mol. The fraction of sp³-hybridized carbons (Fsp3) is 0.571. The molecule has 98 valence electrons. The SMILES string of the molecule is CC1CC(C)CC(Nc2ccc(C(=O)O)cn2)C1.